The van der Waals surface area contributed by atoms with E-state index in [-0.39, 0.29) is 12.7 Å². The van der Waals surface area contributed by atoms with Gasteiger partial charge < -0.3 is 24.6 Å². The molecular weight excluding hydrogens is 410 g/mol. The fraction of sp³-hybridized carbons (Fsp3) is 0.500. The summed E-state index contributed by atoms with van der Waals surface area (Å²) < 4.78 is 17.5. The molecule has 1 aliphatic rings. The molecule has 0 aliphatic carbocycles. The summed E-state index contributed by atoms with van der Waals surface area (Å²) >= 11 is 2.95. The van der Waals surface area contributed by atoms with Gasteiger partial charge in [-0.3, -0.25) is 0 Å². The highest BCUT2D eigenvalue weighted by molar-refractivity contribution is 8.01. The number of hydrogen-bond acceptors (Lipinski definition) is 9. The van der Waals surface area contributed by atoms with Crippen LogP contribution in [-0.2, 0) is 4.74 Å². The lowest BCUT2D eigenvalue weighted by Crippen LogP contribution is -2.20. The Balaban J connectivity index is 1.41. The molecule has 9 heteroatoms. The van der Waals surface area contributed by atoms with Crippen LogP contribution in [0.2, 0.25) is 0 Å². The van der Waals surface area contributed by atoms with Crippen LogP contribution >= 0.6 is 23.1 Å². The van der Waals surface area contributed by atoms with Crippen molar-refractivity contribution in [1.82, 2.24) is 10.2 Å². The first-order chi connectivity index (χ1) is 14.2. The molecule has 3 rings (SSSR count). The zero-order valence-electron chi connectivity index (χ0n) is 16.7. The van der Waals surface area contributed by atoms with Crippen LogP contribution in [0.3, 0.4) is 0 Å². The second-order valence-corrected chi connectivity index (χ2v) is 8.82. The first-order valence-corrected chi connectivity index (χ1v) is 11.4. The quantitative estimate of drug-likeness (QED) is 0.515. The molecule has 1 fully saturated rings. The van der Waals surface area contributed by atoms with Crippen molar-refractivity contribution >= 4 is 34.3 Å². The van der Waals surface area contributed by atoms with Gasteiger partial charge in [0.2, 0.25) is 5.13 Å². The number of ether oxygens (including phenoxy) is 3. The predicted octanol–water partition coefficient (Wildman–Crippen LogP) is 3.70. The van der Waals surface area contributed by atoms with Gasteiger partial charge in [0.1, 0.15) is 6.61 Å². The number of rotatable bonds is 11. The van der Waals surface area contributed by atoms with E-state index in [1.165, 1.54) is 23.1 Å². The van der Waals surface area contributed by atoms with Gasteiger partial charge in [-0.2, -0.15) is 0 Å². The van der Waals surface area contributed by atoms with Gasteiger partial charge in [0.15, 0.2) is 15.8 Å². The minimum Gasteiger partial charge on any atom is -0.493 e. The molecule has 0 saturated carbocycles. The summed E-state index contributed by atoms with van der Waals surface area (Å²) in [4.78, 5) is 0. The number of benzene rings is 1. The number of nitrogens with zero attached hydrogens (tertiary/aromatic N) is 2. The standard InChI is InChI=1S/C20H27N3O4S2/c1-3-5-14-7-8-17(18(10-14)25-2)27-12-15(24)13-28-20-23-22-19(29-20)21-11-16-6-4-9-26-16/h3,5,7-8,10,15-16,24H,4,6,9,11-13H2,1-2H3,(H,21,22)/b5-3+. The molecule has 1 saturated heterocycles. The van der Waals surface area contributed by atoms with Crippen LogP contribution in [0.5, 0.6) is 11.5 Å². The van der Waals surface area contributed by atoms with Gasteiger partial charge in [-0.05, 0) is 37.5 Å². The number of hydrogen-bond donors (Lipinski definition) is 2. The molecule has 158 valence electrons. The van der Waals surface area contributed by atoms with Gasteiger partial charge in [-0.1, -0.05) is 41.3 Å². The maximum Gasteiger partial charge on any atom is 0.206 e. The highest BCUT2D eigenvalue weighted by Crippen LogP contribution is 2.30. The smallest absolute Gasteiger partial charge is 0.206 e. The van der Waals surface area contributed by atoms with E-state index in [1.54, 1.807) is 7.11 Å². The summed E-state index contributed by atoms with van der Waals surface area (Å²) in [6.45, 7) is 3.74. The molecule has 0 spiro atoms. The average Bonchev–Trinajstić information content (AvgIpc) is 3.41. The van der Waals surface area contributed by atoms with Crippen LogP contribution in [0.15, 0.2) is 28.6 Å². The molecule has 7 nitrogen and oxygen atoms in total. The van der Waals surface area contributed by atoms with E-state index >= 15 is 0 Å². The molecule has 1 aromatic heterocycles. The maximum absolute atomic E-state index is 10.3. The lowest BCUT2D eigenvalue weighted by molar-refractivity contribution is 0.120. The van der Waals surface area contributed by atoms with Crippen LogP contribution in [0, 0.1) is 0 Å². The van der Waals surface area contributed by atoms with Crippen molar-refractivity contribution in [1.29, 1.82) is 0 Å². The molecule has 29 heavy (non-hydrogen) atoms. The fourth-order valence-electron chi connectivity index (χ4n) is 2.85. The number of thioether (sulfide) groups is 1. The molecule has 0 amide bonds. The normalized spacial score (nSPS) is 17.6. The summed E-state index contributed by atoms with van der Waals surface area (Å²) in [7, 11) is 1.60. The van der Waals surface area contributed by atoms with Crippen LogP contribution in [0.1, 0.15) is 25.3 Å². The van der Waals surface area contributed by atoms with Crippen molar-refractivity contribution < 1.29 is 19.3 Å². The third kappa shape index (κ3) is 6.88. The first-order valence-electron chi connectivity index (χ1n) is 9.61. The van der Waals surface area contributed by atoms with E-state index in [0.717, 1.165) is 41.0 Å². The summed E-state index contributed by atoms with van der Waals surface area (Å²) in [5, 5.41) is 22.6. The number of aliphatic hydroxyl groups is 1. The van der Waals surface area contributed by atoms with E-state index < -0.39 is 6.10 Å². The predicted molar refractivity (Wildman–Crippen MR) is 117 cm³/mol. The van der Waals surface area contributed by atoms with E-state index in [0.29, 0.717) is 17.3 Å². The van der Waals surface area contributed by atoms with Gasteiger partial charge in [-0.25, -0.2) is 0 Å². The Morgan fingerprint density at radius 3 is 3.07 bits per heavy atom. The number of allylic oxidation sites excluding steroid dienone is 1. The van der Waals surface area contributed by atoms with Crippen LogP contribution in [0.25, 0.3) is 6.08 Å². The fourth-order valence-corrected chi connectivity index (χ4v) is 4.54. The van der Waals surface area contributed by atoms with Gasteiger partial charge in [-0.15, -0.1) is 10.2 Å². The SMILES string of the molecule is C/C=C/c1ccc(OCC(O)CSc2nnc(NCC3CCCO3)s2)c(OC)c1. The van der Waals surface area contributed by atoms with Gasteiger partial charge in [0.05, 0.1) is 19.3 Å². The Morgan fingerprint density at radius 1 is 1.41 bits per heavy atom. The first kappa shape index (κ1) is 21.9. The molecule has 2 N–H and O–H groups in total. The summed E-state index contributed by atoms with van der Waals surface area (Å²) in [5.41, 5.74) is 1.04. The van der Waals surface area contributed by atoms with Crippen molar-refractivity contribution in [2.24, 2.45) is 0 Å². The van der Waals surface area contributed by atoms with Crippen molar-refractivity contribution in [3.63, 3.8) is 0 Å². The van der Waals surface area contributed by atoms with Gasteiger partial charge in [0, 0.05) is 18.9 Å². The van der Waals surface area contributed by atoms with Crippen molar-refractivity contribution in [2.75, 3.05) is 37.9 Å². The number of aromatic nitrogens is 2. The monoisotopic (exact) mass is 437 g/mol. The number of nitrogens with one attached hydrogen (secondary N) is 1. The summed E-state index contributed by atoms with van der Waals surface area (Å²) in [5.74, 6) is 1.73. The second kappa shape index (κ2) is 11.4. The number of anilines is 1. The Labute approximate surface area is 179 Å². The van der Waals surface area contributed by atoms with E-state index in [9.17, 15) is 5.11 Å². The van der Waals surface area contributed by atoms with Crippen molar-refractivity contribution in [3.05, 3.63) is 29.8 Å². The van der Waals surface area contributed by atoms with Gasteiger partial charge >= 0.3 is 0 Å². The third-order valence-electron chi connectivity index (χ3n) is 4.29. The Kier molecular flexibility index (Phi) is 8.60. The molecule has 2 atom stereocenters. The number of aliphatic hydroxyl groups excluding tert-OH is 1. The minimum absolute atomic E-state index is 0.176. The molecule has 1 aromatic carbocycles. The minimum atomic E-state index is -0.632. The highest BCUT2D eigenvalue weighted by Gasteiger charge is 2.16. The molecule has 1 aliphatic heterocycles. The topological polar surface area (TPSA) is 85.7 Å². The van der Waals surface area contributed by atoms with Crippen molar-refractivity contribution in [2.45, 2.75) is 36.3 Å². The van der Waals surface area contributed by atoms with E-state index in [2.05, 4.69) is 15.5 Å². The van der Waals surface area contributed by atoms with E-state index in [1.807, 2.05) is 37.3 Å². The molecular formula is C20H27N3O4S2. The molecule has 2 unspecified atom stereocenters. The maximum atomic E-state index is 10.3. The summed E-state index contributed by atoms with van der Waals surface area (Å²) in [6, 6.07) is 5.71. The van der Waals surface area contributed by atoms with Crippen LogP contribution < -0.4 is 14.8 Å². The Bertz CT molecular complexity index is 794. The lowest BCUT2D eigenvalue weighted by atomic mass is 10.2. The lowest BCUT2D eigenvalue weighted by Gasteiger charge is -2.14. The highest BCUT2D eigenvalue weighted by atomic mass is 32.2. The molecule has 0 bridgehead atoms. The number of methoxy groups -OCH3 is 1. The van der Waals surface area contributed by atoms with Crippen molar-refractivity contribution in [3.8, 4) is 11.5 Å². The van der Waals surface area contributed by atoms with Crippen LogP contribution in [-0.4, -0.2) is 60.1 Å². The third-order valence-corrected chi connectivity index (χ3v) is 6.45. The largest absolute Gasteiger partial charge is 0.493 e. The average molecular weight is 438 g/mol. The summed E-state index contributed by atoms with van der Waals surface area (Å²) in [6.07, 6.45) is 5.79. The zero-order valence-corrected chi connectivity index (χ0v) is 18.3. The zero-order chi connectivity index (χ0) is 20.5. The van der Waals surface area contributed by atoms with Crippen LogP contribution in [0.4, 0.5) is 5.13 Å². The second-order valence-electron chi connectivity index (χ2n) is 6.58. The molecule has 2 aromatic rings. The Morgan fingerprint density at radius 2 is 2.31 bits per heavy atom. The molecule has 0 radical (unpaired) electrons. The van der Waals surface area contributed by atoms with Gasteiger partial charge in [0.25, 0.3) is 0 Å². The van der Waals surface area contributed by atoms with E-state index in [4.69, 9.17) is 14.2 Å². The molecule has 2 heterocycles. The Hall–Kier alpha value is -1.81.